The van der Waals surface area contributed by atoms with Crippen LogP contribution in [-0.4, -0.2) is 47.9 Å². The molecule has 3 heterocycles. The fourth-order valence-electron chi connectivity index (χ4n) is 3.16. The highest BCUT2D eigenvalue weighted by Gasteiger charge is 2.32. The van der Waals surface area contributed by atoms with E-state index in [0.29, 0.717) is 31.7 Å². The summed E-state index contributed by atoms with van der Waals surface area (Å²) in [5, 5.41) is 6.08. The lowest BCUT2D eigenvalue weighted by molar-refractivity contribution is -0.137. The van der Waals surface area contributed by atoms with Crippen molar-refractivity contribution in [1.82, 2.24) is 15.2 Å². The van der Waals surface area contributed by atoms with Gasteiger partial charge in [0.15, 0.2) is 0 Å². The summed E-state index contributed by atoms with van der Waals surface area (Å²) in [4.78, 5) is 30.8. The Morgan fingerprint density at radius 1 is 1.16 bits per heavy atom. The van der Waals surface area contributed by atoms with Gasteiger partial charge in [0.05, 0.1) is 5.92 Å². The van der Waals surface area contributed by atoms with Gasteiger partial charge in [-0.3, -0.25) is 9.59 Å². The monoisotopic (exact) mass is 452 g/mol. The highest BCUT2D eigenvalue weighted by molar-refractivity contribution is 9.10. The number of rotatable bonds is 3. The van der Waals surface area contributed by atoms with Gasteiger partial charge in [0, 0.05) is 36.2 Å². The van der Waals surface area contributed by atoms with E-state index in [2.05, 4.69) is 31.5 Å². The number of nitrogens with zero attached hydrogens (tertiary/aromatic N) is 2. The fourth-order valence-corrected chi connectivity index (χ4v) is 3.40. The first-order valence-corrected chi connectivity index (χ1v) is 8.84. The predicted octanol–water partition coefficient (Wildman–Crippen LogP) is 2.47. The molecule has 2 aliphatic heterocycles. The second-order valence-corrected chi connectivity index (χ2v) is 7.06. The Hall–Kier alpha value is -0.890. The molecule has 6 nitrogen and oxygen atoms in total. The van der Waals surface area contributed by atoms with Crippen LogP contribution in [0.4, 0.5) is 5.82 Å². The van der Waals surface area contributed by atoms with Crippen LogP contribution in [-0.2, 0) is 9.59 Å². The summed E-state index contributed by atoms with van der Waals surface area (Å²) in [7, 11) is 0. The van der Waals surface area contributed by atoms with Gasteiger partial charge in [0.2, 0.25) is 11.8 Å². The first kappa shape index (κ1) is 22.2. The molecule has 2 N–H and O–H groups in total. The maximum atomic E-state index is 12.4. The average Bonchev–Trinajstić information content (AvgIpc) is 3.11. The molecule has 2 fully saturated rings. The fraction of sp³-hybridized carbons (Fsp3) is 0.562. The van der Waals surface area contributed by atoms with E-state index in [4.69, 9.17) is 0 Å². The van der Waals surface area contributed by atoms with Crippen LogP contribution in [0.1, 0.15) is 19.3 Å². The topological polar surface area (TPSA) is 74.3 Å². The Kier molecular flexibility index (Phi) is 9.13. The normalized spacial score (nSPS) is 20.4. The summed E-state index contributed by atoms with van der Waals surface area (Å²) in [5.41, 5.74) is 0. The number of hydrogen-bond acceptors (Lipinski definition) is 4. The zero-order valence-electron chi connectivity index (χ0n) is 13.7. The Labute approximate surface area is 168 Å². The van der Waals surface area contributed by atoms with Crippen LogP contribution >= 0.6 is 40.7 Å². The van der Waals surface area contributed by atoms with E-state index in [0.717, 1.165) is 24.0 Å². The molecule has 1 unspecified atom stereocenters. The minimum Gasteiger partial charge on any atom is -0.342 e. The van der Waals surface area contributed by atoms with Gasteiger partial charge in [-0.05, 0) is 53.9 Å². The van der Waals surface area contributed by atoms with Gasteiger partial charge in [0.1, 0.15) is 5.82 Å². The molecule has 25 heavy (non-hydrogen) atoms. The van der Waals surface area contributed by atoms with Crippen molar-refractivity contribution in [1.29, 1.82) is 0 Å². The van der Waals surface area contributed by atoms with Crippen LogP contribution in [0.25, 0.3) is 0 Å². The molecule has 3 rings (SSSR count). The van der Waals surface area contributed by atoms with E-state index in [1.807, 2.05) is 11.0 Å². The van der Waals surface area contributed by atoms with E-state index < -0.39 is 0 Å². The summed E-state index contributed by atoms with van der Waals surface area (Å²) in [6.45, 7) is 3.05. The van der Waals surface area contributed by atoms with Crippen molar-refractivity contribution in [3.05, 3.63) is 22.8 Å². The van der Waals surface area contributed by atoms with Crippen molar-refractivity contribution in [2.75, 3.05) is 31.5 Å². The molecule has 0 aliphatic carbocycles. The van der Waals surface area contributed by atoms with Gasteiger partial charge >= 0.3 is 0 Å². The summed E-state index contributed by atoms with van der Waals surface area (Å²) in [6, 6.07) is 3.62. The van der Waals surface area contributed by atoms with Crippen LogP contribution in [0.15, 0.2) is 22.8 Å². The minimum atomic E-state index is -0.0498. The van der Waals surface area contributed by atoms with Crippen LogP contribution in [0.2, 0.25) is 0 Å². The van der Waals surface area contributed by atoms with Crippen molar-refractivity contribution >= 4 is 58.4 Å². The number of nitrogens with one attached hydrogen (secondary N) is 2. The third-order valence-corrected chi connectivity index (χ3v) is 5.03. The lowest BCUT2D eigenvalue weighted by Gasteiger charge is -2.32. The molecule has 1 aromatic heterocycles. The second-order valence-electron chi connectivity index (χ2n) is 6.14. The molecule has 1 atom stereocenters. The molecule has 0 bridgehead atoms. The quantitative estimate of drug-likeness (QED) is 0.737. The van der Waals surface area contributed by atoms with Crippen LogP contribution in [0, 0.1) is 11.8 Å². The minimum absolute atomic E-state index is 0. The van der Waals surface area contributed by atoms with E-state index in [1.165, 1.54) is 0 Å². The molecule has 140 valence electrons. The second kappa shape index (κ2) is 10.3. The first-order chi connectivity index (χ1) is 11.1. The van der Waals surface area contributed by atoms with Crippen LogP contribution < -0.4 is 10.6 Å². The molecule has 0 aromatic carbocycles. The third-order valence-electron chi connectivity index (χ3n) is 4.57. The lowest BCUT2D eigenvalue weighted by atomic mass is 9.94. The lowest BCUT2D eigenvalue weighted by Crippen LogP contribution is -2.44. The molecule has 0 spiro atoms. The van der Waals surface area contributed by atoms with Crippen LogP contribution in [0.3, 0.4) is 0 Å². The number of hydrogen-bond donors (Lipinski definition) is 2. The zero-order valence-corrected chi connectivity index (χ0v) is 17.0. The van der Waals surface area contributed by atoms with Gasteiger partial charge in [-0.25, -0.2) is 4.98 Å². The molecule has 0 radical (unpaired) electrons. The zero-order chi connectivity index (χ0) is 16.2. The molecule has 0 saturated carbocycles. The summed E-state index contributed by atoms with van der Waals surface area (Å²) < 4.78 is 0.878. The number of piperidine rings is 1. The van der Waals surface area contributed by atoms with Crippen molar-refractivity contribution < 1.29 is 9.59 Å². The predicted molar refractivity (Wildman–Crippen MR) is 105 cm³/mol. The Bertz CT molecular complexity index is 574. The Morgan fingerprint density at radius 2 is 1.88 bits per heavy atom. The number of anilines is 1. The summed E-state index contributed by atoms with van der Waals surface area (Å²) >= 11 is 3.32. The Balaban J connectivity index is 0.00000156. The highest BCUT2D eigenvalue weighted by atomic mass is 79.9. The highest BCUT2D eigenvalue weighted by Crippen LogP contribution is 2.22. The molecular weight excluding hydrogens is 431 g/mol. The van der Waals surface area contributed by atoms with E-state index in [-0.39, 0.29) is 48.5 Å². The molecule has 2 aliphatic rings. The number of halogens is 3. The number of amides is 2. The maximum absolute atomic E-state index is 12.4. The van der Waals surface area contributed by atoms with Gasteiger partial charge < -0.3 is 15.5 Å². The van der Waals surface area contributed by atoms with Gasteiger partial charge in [0.25, 0.3) is 0 Å². The SMILES string of the molecule is Cl.Cl.O=C(Nc1ccc(Br)cn1)C1CCN(C(=O)C2CCNC2)CC1. The number of carbonyl (C=O) groups excluding carboxylic acids is 2. The van der Waals surface area contributed by atoms with Gasteiger partial charge in [-0.15, -0.1) is 24.8 Å². The standard InChI is InChI=1S/C16H21BrN4O2.2ClH/c17-13-1-2-14(19-10-13)20-15(22)11-4-7-21(8-5-11)16(23)12-3-6-18-9-12;;/h1-2,10-12,18H,3-9H2,(H,19,20,22);2*1H. The van der Waals surface area contributed by atoms with E-state index >= 15 is 0 Å². The molecule has 9 heteroatoms. The van der Waals surface area contributed by atoms with Crippen molar-refractivity contribution in [2.45, 2.75) is 19.3 Å². The molecule has 1 aromatic rings. The van der Waals surface area contributed by atoms with Crippen molar-refractivity contribution in [3.8, 4) is 0 Å². The number of aromatic nitrogens is 1. The van der Waals surface area contributed by atoms with Crippen molar-refractivity contribution in [2.24, 2.45) is 11.8 Å². The number of carbonyl (C=O) groups is 2. The number of pyridine rings is 1. The molecule has 2 saturated heterocycles. The van der Waals surface area contributed by atoms with E-state index in [9.17, 15) is 9.59 Å². The first-order valence-electron chi connectivity index (χ1n) is 8.05. The summed E-state index contributed by atoms with van der Waals surface area (Å²) in [6.07, 6.45) is 4.02. The largest absolute Gasteiger partial charge is 0.342 e. The average molecular weight is 454 g/mol. The smallest absolute Gasteiger partial charge is 0.228 e. The summed E-state index contributed by atoms with van der Waals surface area (Å²) in [5.74, 6) is 0.866. The molecule has 2 amide bonds. The van der Waals surface area contributed by atoms with E-state index in [1.54, 1.807) is 12.3 Å². The third kappa shape index (κ3) is 5.81. The van der Waals surface area contributed by atoms with Gasteiger partial charge in [-0.2, -0.15) is 0 Å². The van der Waals surface area contributed by atoms with Gasteiger partial charge in [-0.1, -0.05) is 0 Å². The van der Waals surface area contributed by atoms with Crippen molar-refractivity contribution in [3.63, 3.8) is 0 Å². The molecular formula is C16H23BrCl2N4O2. The Morgan fingerprint density at radius 3 is 2.44 bits per heavy atom. The maximum Gasteiger partial charge on any atom is 0.228 e. The van der Waals surface area contributed by atoms with Crippen LogP contribution in [0.5, 0.6) is 0 Å². The number of likely N-dealkylation sites (tertiary alicyclic amines) is 1.